The normalized spacial score (nSPS) is 18.2. The number of aliphatic hydroxyl groups excluding tert-OH is 1. The number of likely N-dealkylation sites (N-methyl/N-ethyl adjacent to an activating group) is 1. The lowest BCUT2D eigenvalue weighted by molar-refractivity contribution is -0.914. The van der Waals surface area contributed by atoms with E-state index in [0.717, 1.165) is 42.9 Å². The summed E-state index contributed by atoms with van der Waals surface area (Å²) in [7, 11) is 0. The first-order valence-corrected chi connectivity index (χ1v) is 7.13. The highest BCUT2D eigenvalue weighted by Gasteiger charge is 2.29. The molecule has 0 fully saturated rings. The number of quaternary nitrogens is 1. The van der Waals surface area contributed by atoms with Crippen LogP contribution in [0.25, 0.3) is 11.0 Å². The summed E-state index contributed by atoms with van der Waals surface area (Å²) < 4.78 is 0. The maximum Gasteiger partial charge on any atom is 0.295 e. The average Bonchev–Trinajstić information content (AvgIpc) is 2.85. The van der Waals surface area contributed by atoms with Crippen LogP contribution in [0.1, 0.15) is 18.1 Å². The number of rotatable bonds is 4. The zero-order chi connectivity index (χ0) is 14.1. The molecule has 0 radical (unpaired) electrons. The number of nitrogen functional groups attached to an aromatic ring is 1. The van der Waals surface area contributed by atoms with E-state index in [0.29, 0.717) is 12.4 Å². The Kier molecular flexibility index (Phi) is 3.45. The minimum absolute atomic E-state index is 0.105. The largest absolute Gasteiger partial charge is 0.393 e. The summed E-state index contributed by atoms with van der Waals surface area (Å²) in [6, 6.07) is 0. The standard InChI is InChI=1S/C13H20N6O/c1-2-19-5-3-8-9(7-19)12(15-4-6-20)16-13-10(8)11(14)17-18-13/h20H,2-7H2,1H3,(H4,14,15,16,17,18)/p+2. The van der Waals surface area contributed by atoms with Crippen LogP contribution in [0, 0.1) is 0 Å². The molecular formula is C13H22N6O+2. The Labute approximate surface area is 117 Å². The van der Waals surface area contributed by atoms with Gasteiger partial charge >= 0.3 is 0 Å². The topological polar surface area (TPSA) is 106 Å². The van der Waals surface area contributed by atoms with Crippen molar-refractivity contribution in [3.05, 3.63) is 11.1 Å². The van der Waals surface area contributed by atoms with Crippen LogP contribution in [0.2, 0.25) is 0 Å². The zero-order valence-electron chi connectivity index (χ0n) is 11.7. The van der Waals surface area contributed by atoms with Crippen molar-refractivity contribution in [2.24, 2.45) is 0 Å². The SMILES string of the molecule is CC[NH+]1CCc2c(c(NCCO)[nH+]c3n[nH]c(N)c23)C1. The molecule has 0 saturated heterocycles. The molecule has 0 amide bonds. The molecule has 20 heavy (non-hydrogen) atoms. The Morgan fingerprint density at radius 1 is 1.50 bits per heavy atom. The lowest BCUT2D eigenvalue weighted by Crippen LogP contribution is -3.11. The van der Waals surface area contributed by atoms with Gasteiger partial charge in [0, 0.05) is 6.42 Å². The highest BCUT2D eigenvalue weighted by atomic mass is 16.3. The predicted molar refractivity (Wildman–Crippen MR) is 76.4 cm³/mol. The third kappa shape index (κ3) is 2.08. The van der Waals surface area contributed by atoms with Crippen LogP contribution in [0.3, 0.4) is 0 Å². The van der Waals surface area contributed by atoms with Crippen LogP contribution in [0.15, 0.2) is 0 Å². The summed E-state index contributed by atoms with van der Waals surface area (Å²) in [6.07, 6.45) is 1.00. The van der Waals surface area contributed by atoms with Gasteiger partial charge in [-0.2, -0.15) is 5.10 Å². The molecule has 0 aromatic carbocycles. The van der Waals surface area contributed by atoms with Crippen LogP contribution in [0.4, 0.5) is 11.6 Å². The van der Waals surface area contributed by atoms with Crippen LogP contribution in [0.5, 0.6) is 0 Å². The summed E-state index contributed by atoms with van der Waals surface area (Å²) >= 11 is 0. The van der Waals surface area contributed by atoms with Gasteiger partial charge in [0.05, 0.1) is 37.2 Å². The van der Waals surface area contributed by atoms with Crippen molar-refractivity contribution in [2.45, 2.75) is 19.9 Å². The fraction of sp³-hybridized carbons (Fsp3) is 0.538. The van der Waals surface area contributed by atoms with Crippen LogP contribution >= 0.6 is 0 Å². The van der Waals surface area contributed by atoms with Gasteiger partial charge in [-0.25, -0.2) is 4.98 Å². The minimum Gasteiger partial charge on any atom is -0.393 e. The Hall–Kier alpha value is -1.86. The Morgan fingerprint density at radius 2 is 2.35 bits per heavy atom. The quantitative estimate of drug-likeness (QED) is 0.461. The van der Waals surface area contributed by atoms with Crippen molar-refractivity contribution < 1.29 is 15.0 Å². The molecule has 7 nitrogen and oxygen atoms in total. The third-order valence-corrected chi connectivity index (χ3v) is 4.07. The molecule has 3 heterocycles. The van der Waals surface area contributed by atoms with E-state index < -0.39 is 0 Å². The summed E-state index contributed by atoms with van der Waals surface area (Å²) in [5.74, 6) is 1.58. The summed E-state index contributed by atoms with van der Waals surface area (Å²) in [5.41, 5.74) is 9.34. The molecule has 7 N–H and O–H groups in total. The first-order valence-electron chi connectivity index (χ1n) is 7.13. The van der Waals surface area contributed by atoms with E-state index in [1.54, 1.807) is 4.90 Å². The summed E-state index contributed by atoms with van der Waals surface area (Å²) in [5, 5.41) is 20.4. The van der Waals surface area contributed by atoms with Crippen molar-refractivity contribution in [2.75, 3.05) is 37.3 Å². The number of pyridine rings is 1. The maximum absolute atomic E-state index is 9.02. The van der Waals surface area contributed by atoms with Crippen molar-refractivity contribution in [1.82, 2.24) is 10.2 Å². The first-order chi connectivity index (χ1) is 9.74. The van der Waals surface area contributed by atoms with E-state index in [9.17, 15) is 0 Å². The number of anilines is 2. The van der Waals surface area contributed by atoms with Crippen molar-refractivity contribution in [3.63, 3.8) is 0 Å². The second-order valence-electron chi connectivity index (χ2n) is 5.25. The molecule has 0 spiro atoms. The summed E-state index contributed by atoms with van der Waals surface area (Å²) in [6.45, 7) is 6.03. The second-order valence-corrected chi connectivity index (χ2v) is 5.25. The number of fused-ring (bicyclic) bond motifs is 3. The van der Waals surface area contributed by atoms with Crippen molar-refractivity contribution >= 4 is 22.7 Å². The number of aromatic amines is 2. The van der Waals surface area contributed by atoms with E-state index >= 15 is 0 Å². The molecule has 0 aliphatic carbocycles. The Morgan fingerprint density at radius 3 is 3.10 bits per heavy atom. The first kappa shape index (κ1) is 13.1. The molecule has 1 aliphatic heterocycles. The maximum atomic E-state index is 9.02. The van der Waals surface area contributed by atoms with Gasteiger partial charge in [0.15, 0.2) is 0 Å². The lowest BCUT2D eigenvalue weighted by Gasteiger charge is -2.25. The number of hydrogen-bond donors (Lipinski definition) is 5. The molecule has 3 rings (SSSR count). The fourth-order valence-electron chi connectivity index (χ4n) is 2.99. The van der Waals surface area contributed by atoms with Crippen molar-refractivity contribution in [3.8, 4) is 0 Å². The molecule has 0 saturated carbocycles. The molecule has 2 aromatic heterocycles. The number of nitrogens with one attached hydrogen (secondary N) is 4. The highest BCUT2D eigenvalue weighted by Crippen LogP contribution is 2.27. The second kappa shape index (κ2) is 5.26. The van der Waals surface area contributed by atoms with Crippen LogP contribution < -0.4 is 20.9 Å². The molecule has 7 heteroatoms. The number of H-pyrrole nitrogens is 2. The zero-order valence-corrected chi connectivity index (χ0v) is 11.7. The number of aromatic nitrogens is 3. The molecular weight excluding hydrogens is 256 g/mol. The number of nitrogens with two attached hydrogens (primary N) is 1. The number of nitrogens with zero attached hydrogens (tertiary/aromatic N) is 1. The smallest absolute Gasteiger partial charge is 0.295 e. The predicted octanol–water partition coefficient (Wildman–Crippen LogP) is -1.68. The van der Waals surface area contributed by atoms with E-state index in [1.807, 2.05) is 0 Å². The van der Waals surface area contributed by atoms with Gasteiger partial charge in [0.2, 0.25) is 5.82 Å². The molecule has 1 atom stereocenters. The number of aliphatic hydroxyl groups is 1. The molecule has 0 bridgehead atoms. The molecule has 1 unspecified atom stereocenters. The lowest BCUT2D eigenvalue weighted by atomic mass is 9.97. The van der Waals surface area contributed by atoms with Crippen molar-refractivity contribution in [1.29, 1.82) is 0 Å². The number of hydrogen-bond acceptors (Lipinski definition) is 4. The van der Waals surface area contributed by atoms with Crippen LogP contribution in [-0.4, -0.2) is 41.5 Å². The van der Waals surface area contributed by atoms with Gasteiger partial charge in [-0.05, 0) is 17.6 Å². The fourth-order valence-corrected chi connectivity index (χ4v) is 2.99. The van der Waals surface area contributed by atoms with Gasteiger partial charge in [-0.1, -0.05) is 0 Å². The highest BCUT2D eigenvalue weighted by molar-refractivity contribution is 5.89. The van der Waals surface area contributed by atoms with E-state index in [4.69, 9.17) is 10.8 Å². The Balaban J connectivity index is 2.13. The van der Waals surface area contributed by atoms with Gasteiger partial charge < -0.3 is 21.1 Å². The minimum atomic E-state index is 0.105. The molecule has 108 valence electrons. The van der Waals surface area contributed by atoms with Gasteiger partial charge in [0.1, 0.15) is 12.4 Å². The summed E-state index contributed by atoms with van der Waals surface area (Å²) in [4.78, 5) is 4.85. The van der Waals surface area contributed by atoms with Crippen LogP contribution in [-0.2, 0) is 13.0 Å². The van der Waals surface area contributed by atoms with E-state index in [1.165, 1.54) is 11.1 Å². The Bertz CT molecular complexity index is 623. The molecule has 1 aliphatic rings. The van der Waals surface area contributed by atoms with Gasteiger partial charge in [-0.15, -0.1) is 0 Å². The van der Waals surface area contributed by atoms with E-state index in [2.05, 4.69) is 27.4 Å². The average molecular weight is 278 g/mol. The van der Waals surface area contributed by atoms with Gasteiger partial charge in [-0.3, -0.25) is 0 Å². The van der Waals surface area contributed by atoms with E-state index in [-0.39, 0.29) is 6.61 Å². The molecule has 2 aromatic rings. The third-order valence-electron chi connectivity index (χ3n) is 4.07. The monoisotopic (exact) mass is 278 g/mol. The van der Waals surface area contributed by atoms with Gasteiger partial charge in [0.25, 0.3) is 5.65 Å².